The van der Waals surface area contributed by atoms with Gasteiger partial charge in [0, 0.05) is 0 Å². The highest BCUT2D eigenvalue weighted by molar-refractivity contribution is 7.27. The van der Waals surface area contributed by atoms with Crippen molar-refractivity contribution in [3.8, 4) is 0 Å². The molecule has 0 heterocycles. The summed E-state index contributed by atoms with van der Waals surface area (Å²) in [4.78, 5) is 0. The Labute approximate surface area is 84.0 Å². The number of hydrogen-bond donors (Lipinski definition) is 0. The van der Waals surface area contributed by atoms with Gasteiger partial charge in [0.1, 0.15) is 0 Å². The predicted octanol–water partition coefficient (Wildman–Crippen LogP) is 3.43. The molecule has 0 aliphatic carbocycles. The largest absolute Gasteiger partial charge is 0.105 e. The Bertz CT molecular complexity index is 261. The van der Waals surface area contributed by atoms with E-state index in [9.17, 15) is 0 Å². The first-order valence-corrected chi connectivity index (χ1v) is 5.50. The van der Waals surface area contributed by atoms with E-state index in [1.807, 2.05) is 0 Å². The summed E-state index contributed by atoms with van der Waals surface area (Å²) in [5, 5.41) is 1.40. The second kappa shape index (κ2) is 4.24. The maximum absolute atomic E-state index is 2.88. The molecule has 0 N–H and O–H groups in total. The van der Waals surface area contributed by atoms with Crippen LogP contribution < -0.4 is 5.30 Å². The quantitative estimate of drug-likeness (QED) is 0.633. The van der Waals surface area contributed by atoms with Crippen LogP contribution in [-0.4, -0.2) is 0 Å². The van der Waals surface area contributed by atoms with Crippen molar-refractivity contribution in [2.75, 3.05) is 0 Å². The van der Waals surface area contributed by atoms with Crippen LogP contribution >= 0.6 is 9.24 Å². The highest BCUT2D eigenvalue weighted by Crippen LogP contribution is 2.20. The first kappa shape index (κ1) is 10.7. The summed E-state index contributed by atoms with van der Waals surface area (Å²) in [5.74, 6) is 1.23. The third kappa shape index (κ3) is 2.31. The van der Waals surface area contributed by atoms with Crippen LogP contribution in [0.3, 0.4) is 0 Å². The van der Waals surface area contributed by atoms with Gasteiger partial charge < -0.3 is 0 Å². The molecule has 0 radical (unpaired) electrons. The maximum atomic E-state index is 2.88. The van der Waals surface area contributed by atoms with Gasteiger partial charge in [-0.2, -0.15) is 0 Å². The molecule has 0 saturated heterocycles. The molecule has 1 atom stereocenters. The third-order valence-corrected chi connectivity index (χ3v) is 3.08. The van der Waals surface area contributed by atoms with Gasteiger partial charge in [0.2, 0.25) is 0 Å². The molecule has 0 fully saturated rings. The molecule has 0 saturated carbocycles. The SMILES string of the molecule is CC(C)c1cccc(C(C)C)c1P. The molecule has 0 spiro atoms. The summed E-state index contributed by atoms with van der Waals surface area (Å²) < 4.78 is 0. The van der Waals surface area contributed by atoms with E-state index in [1.165, 1.54) is 16.4 Å². The standard InChI is InChI=1S/C12H19P/c1-8(2)10-6-5-7-11(9(3)4)12(10)13/h5-9H,13H2,1-4H3. The van der Waals surface area contributed by atoms with Crippen LogP contribution in [0.25, 0.3) is 0 Å². The van der Waals surface area contributed by atoms with Crippen molar-refractivity contribution in [1.29, 1.82) is 0 Å². The Morgan fingerprint density at radius 3 is 1.62 bits per heavy atom. The van der Waals surface area contributed by atoms with Crippen LogP contribution in [0.15, 0.2) is 18.2 Å². The Morgan fingerprint density at radius 1 is 0.923 bits per heavy atom. The van der Waals surface area contributed by atoms with Crippen LogP contribution in [0, 0.1) is 0 Å². The fraction of sp³-hybridized carbons (Fsp3) is 0.500. The Kier molecular flexibility index (Phi) is 3.50. The zero-order valence-electron chi connectivity index (χ0n) is 8.96. The fourth-order valence-electron chi connectivity index (χ4n) is 1.61. The first-order valence-electron chi connectivity index (χ1n) is 4.92. The summed E-state index contributed by atoms with van der Waals surface area (Å²) in [7, 11) is 2.88. The first-order chi connectivity index (χ1) is 6.04. The van der Waals surface area contributed by atoms with Gasteiger partial charge in [0.05, 0.1) is 0 Å². The van der Waals surface area contributed by atoms with Gasteiger partial charge in [-0.1, -0.05) is 45.9 Å². The Morgan fingerprint density at radius 2 is 1.31 bits per heavy atom. The van der Waals surface area contributed by atoms with Crippen molar-refractivity contribution in [1.82, 2.24) is 0 Å². The second-order valence-electron chi connectivity index (χ2n) is 4.16. The van der Waals surface area contributed by atoms with Gasteiger partial charge in [-0.15, -0.1) is 9.24 Å². The van der Waals surface area contributed by atoms with E-state index in [2.05, 4.69) is 55.1 Å². The molecule has 0 nitrogen and oxygen atoms in total. The van der Waals surface area contributed by atoms with E-state index in [4.69, 9.17) is 0 Å². The van der Waals surface area contributed by atoms with Crippen molar-refractivity contribution >= 4 is 14.5 Å². The normalized spacial score (nSPS) is 11.3. The van der Waals surface area contributed by atoms with Crippen molar-refractivity contribution < 1.29 is 0 Å². The summed E-state index contributed by atoms with van der Waals surface area (Å²) in [6, 6.07) is 6.61. The monoisotopic (exact) mass is 194 g/mol. The molecule has 0 amide bonds. The van der Waals surface area contributed by atoms with Crippen LogP contribution in [0.1, 0.15) is 50.7 Å². The Hall–Kier alpha value is -0.350. The van der Waals surface area contributed by atoms with E-state index in [0.29, 0.717) is 11.8 Å². The topological polar surface area (TPSA) is 0 Å². The summed E-state index contributed by atoms with van der Waals surface area (Å²) in [6.07, 6.45) is 0. The molecule has 0 bridgehead atoms. The lowest BCUT2D eigenvalue weighted by atomic mass is 9.95. The van der Waals surface area contributed by atoms with Gasteiger partial charge >= 0.3 is 0 Å². The van der Waals surface area contributed by atoms with Gasteiger partial charge in [-0.3, -0.25) is 0 Å². The van der Waals surface area contributed by atoms with Gasteiger partial charge in [-0.05, 0) is 28.3 Å². The third-order valence-electron chi connectivity index (χ3n) is 2.42. The van der Waals surface area contributed by atoms with Gasteiger partial charge in [0.15, 0.2) is 0 Å². The lowest BCUT2D eigenvalue weighted by Crippen LogP contribution is -2.10. The van der Waals surface area contributed by atoms with Crippen LogP contribution in [0.5, 0.6) is 0 Å². The molecule has 1 aromatic rings. The van der Waals surface area contributed by atoms with Gasteiger partial charge in [0.25, 0.3) is 0 Å². The molecule has 1 heteroatoms. The molecule has 1 rings (SSSR count). The molecule has 72 valence electrons. The van der Waals surface area contributed by atoms with Crippen molar-refractivity contribution in [3.05, 3.63) is 29.3 Å². The smallest absolute Gasteiger partial charge is 0.0213 e. The zero-order valence-corrected chi connectivity index (χ0v) is 10.1. The minimum absolute atomic E-state index is 0.617. The van der Waals surface area contributed by atoms with Gasteiger partial charge in [-0.25, -0.2) is 0 Å². The lowest BCUT2D eigenvalue weighted by Gasteiger charge is -2.15. The summed E-state index contributed by atoms with van der Waals surface area (Å²) in [5.41, 5.74) is 2.91. The highest BCUT2D eigenvalue weighted by atomic mass is 31.0. The van der Waals surface area contributed by atoms with Crippen LogP contribution in [-0.2, 0) is 0 Å². The minimum atomic E-state index is 0.617. The van der Waals surface area contributed by atoms with Crippen molar-refractivity contribution in [3.63, 3.8) is 0 Å². The van der Waals surface area contributed by atoms with E-state index in [-0.39, 0.29) is 0 Å². The van der Waals surface area contributed by atoms with Crippen molar-refractivity contribution in [2.45, 2.75) is 39.5 Å². The highest BCUT2D eigenvalue weighted by Gasteiger charge is 2.08. The lowest BCUT2D eigenvalue weighted by molar-refractivity contribution is 0.846. The van der Waals surface area contributed by atoms with E-state index in [0.717, 1.165) is 0 Å². The van der Waals surface area contributed by atoms with Crippen LogP contribution in [0.2, 0.25) is 0 Å². The number of hydrogen-bond acceptors (Lipinski definition) is 0. The molecule has 1 unspecified atom stereocenters. The van der Waals surface area contributed by atoms with Crippen molar-refractivity contribution in [2.24, 2.45) is 0 Å². The minimum Gasteiger partial charge on any atom is -0.105 e. The average Bonchev–Trinajstić information content (AvgIpc) is 2.03. The molecule has 1 aromatic carbocycles. The van der Waals surface area contributed by atoms with Crippen LogP contribution in [0.4, 0.5) is 0 Å². The molecule has 13 heavy (non-hydrogen) atoms. The molecular weight excluding hydrogens is 175 g/mol. The van der Waals surface area contributed by atoms with E-state index >= 15 is 0 Å². The maximum Gasteiger partial charge on any atom is -0.0213 e. The molecule has 0 aliphatic rings. The summed E-state index contributed by atoms with van der Waals surface area (Å²) >= 11 is 0. The molecular formula is C12H19P. The zero-order chi connectivity index (χ0) is 10.0. The van der Waals surface area contributed by atoms with E-state index in [1.54, 1.807) is 0 Å². The number of rotatable bonds is 2. The second-order valence-corrected chi connectivity index (χ2v) is 4.74. The fourth-order valence-corrected chi connectivity index (χ4v) is 2.47. The summed E-state index contributed by atoms with van der Waals surface area (Å²) in [6.45, 7) is 8.97. The Balaban J connectivity index is 3.18. The molecule has 0 aromatic heterocycles. The van der Waals surface area contributed by atoms with E-state index < -0.39 is 0 Å². The number of benzene rings is 1. The predicted molar refractivity (Wildman–Crippen MR) is 64.0 cm³/mol. The average molecular weight is 194 g/mol. The molecule has 0 aliphatic heterocycles.